The lowest BCUT2D eigenvalue weighted by Gasteiger charge is -2.20. The molecule has 1 aromatic carbocycles. The van der Waals surface area contributed by atoms with Gasteiger partial charge in [0.15, 0.2) is 5.16 Å². The number of hydrogen-bond donors (Lipinski definition) is 1. The van der Waals surface area contributed by atoms with Gasteiger partial charge in [0, 0.05) is 42.4 Å². The highest BCUT2D eigenvalue weighted by molar-refractivity contribution is 7.98. The molecule has 3 rings (SSSR count). The molecule has 0 saturated heterocycles. The first-order chi connectivity index (χ1) is 15.1. The Labute approximate surface area is 188 Å². The van der Waals surface area contributed by atoms with Gasteiger partial charge in [-0.2, -0.15) is 0 Å². The lowest BCUT2D eigenvalue weighted by atomic mass is 10.1. The molecular formula is C24H29N5OS. The van der Waals surface area contributed by atoms with Gasteiger partial charge in [0.25, 0.3) is 5.91 Å². The van der Waals surface area contributed by atoms with Crippen LogP contribution >= 0.6 is 11.8 Å². The average Bonchev–Trinajstić information content (AvgIpc) is 2.82. The van der Waals surface area contributed by atoms with Crippen LogP contribution in [0.2, 0.25) is 0 Å². The Kier molecular flexibility index (Phi) is 8.41. The summed E-state index contributed by atoms with van der Waals surface area (Å²) in [4.78, 5) is 28.4. The predicted octanol–water partition coefficient (Wildman–Crippen LogP) is 4.50. The van der Waals surface area contributed by atoms with E-state index in [0.29, 0.717) is 17.9 Å². The molecule has 7 heteroatoms. The van der Waals surface area contributed by atoms with E-state index in [4.69, 9.17) is 4.98 Å². The highest BCUT2D eigenvalue weighted by Crippen LogP contribution is 2.23. The molecule has 0 saturated carbocycles. The fourth-order valence-electron chi connectivity index (χ4n) is 3.14. The minimum atomic E-state index is -0.106. The van der Waals surface area contributed by atoms with E-state index in [1.165, 1.54) is 0 Å². The topological polar surface area (TPSA) is 71.0 Å². The second kappa shape index (κ2) is 11.5. The van der Waals surface area contributed by atoms with E-state index in [9.17, 15) is 4.79 Å². The van der Waals surface area contributed by atoms with Crippen LogP contribution in [0.1, 0.15) is 48.1 Å². The summed E-state index contributed by atoms with van der Waals surface area (Å²) in [6.45, 7) is 8.61. The van der Waals surface area contributed by atoms with Gasteiger partial charge >= 0.3 is 0 Å². The van der Waals surface area contributed by atoms with E-state index in [-0.39, 0.29) is 5.91 Å². The summed E-state index contributed by atoms with van der Waals surface area (Å²) in [6, 6.07) is 15.4. The van der Waals surface area contributed by atoms with E-state index in [1.54, 1.807) is 18.0 Å². The number of hydrogen-bond acceptors (Lipinski definition) is 6. The third-order valence-corrected chi connectivity index (χ3v) is 5.83. The molecule has 0 fully saturated rings. The maximum atomic E-state index is 12.5. The molecule has 3 aromatic rings. The standard InChI is InChI=1S/C24H29N5OS/c1-4-20-15-22(29(5-2)6-3)28-24(27-20)31-17-18-10-9-11-19(14-18)23(30)26-16-21-12-7-8-13-25-21/h7-15H,4-6,16-17H2,1-3H3,(H,26,30). The molecule has 0 aliphatic carbocycles. The van der Waals surface area contributed by atoms with E-state index < -0.39 is 0 Å². The number of pyridine rings is 1. The zero-order chi connectivity index (χ0) is 22.1. The zero-order valence-electron chi connectivity index (χ0n) is 18.3. The van der Waals surface area contributed by atoms with Crippen LogP contribution in [0.15, 0.2) is 59.9 Å². The number of aryl methyl sites for hydroxylation is 1. The van der Waals surface area contributed by atoms with Crippen molar-refractivity contribution in [3.63, 3.8) is 0 Å². The number of carbonyl (C=O) groups is 1. The van der Waals surface area contributed by atoms with Crippen molar-refractivity contribution in [2.45, 2.75) is 44.6 Å². The van der Waals surface area contributed by atoms with Crippen LogP contribution in [-0.4, -0.2) is 33.9 Å². The molecule has 2 heterocycles. The minimum Gasteiger partial charge on any atom is -0.357 e. The number of amides is 1. The van der Waals surface area contributed by atoms with Crippen molar-refractivity contribution >= 4 is 23.5 Å². The highest BCUT2D eigenvalue weighted by Gasteiger charge is 2.11. The van der Waals surface area contributed by atoms with E-state index >= 15 is 0 Å². The Morgan fingerprint density at radius 1 is 1.00 bits per heavy atom. The molecule has 0 aliphatic heterocycles. The quantitative estimate of drug-likeness (QED) is 0.373. The van der Waals surface area contributed by atoms with Gasteiger partial charge in [-0.05, 0) is 50.1 Å². The number of carbonyl (C=O) groups excluding carboxylic acids is 1. The van der Waals surface area contributed by atoms with E-state index in [1.807, 2.05) is 42.5 Å². The summed E-state index contributed by atoms with van der Waals surface area (Å²) in [7, 11) is 0. The predicted molar refractivity (Wildman–Crippen MR) is 126 cm³/mol. The molecule has 162 valence electrons. The smallest absolute Gasteiger partial charge is 0.251 e. The normalized spacial score (nSPS) is 10.7. The Balaban J connectivity index is 1.66. The van der Waals surface area contributed by atoms with Crippen molar-refractivity contribution in [2.75, 3.05) is 18.0 Å². The van der Waals surface area contributed by atoms with E-state index in [2.05, 4.69) is 47.0 Å². The van der Waals surface area contributed by atoms with Gasteiger partial charge < -0.3 is 10.2 Å². The third kappa shape index (κ3) is 6.52. The summed E-state index contributed by atoms with van der Waals surface area (Å²) in [5, 5.41) is 3.70. The van der Waals surface area contributed by atoms with Gasteiger partial charge in [-0.1, -0.05) is 36.9 Å². The molecule has 0 spiro atoms. The molecule has 2 aromatic heterocycles. The van der Waals surface area contributed by atoms with Crippen molar-refractivity contribution in [2.24, 2.45) is 0 Å². The maximum absolute atomic E-state index is 12.5. The Morgan fingerprint density at radius 2 is 1.84 bits per heavy atom. The third-order valence-electron chi connectivity index (χ3n) is 4.91. The maximum Gasteiger partial charge on any atom is 0.251 e. The summed E-state index contributed by atoms with van der Waals surface area (Å²) in [6.07, 6.45) is 2.59. The van der Waals surface area contributed by atoms with Crippen LogP contribution in [0, 0.1) is 0 Å². The van der Waals surface area contributed by atoms with Gasteiger partial charge in [-0.25, -0.2) is 9.97 Å². The molecule has 6 nitrogen and oxygen atoms in total. The number of nitrogens with one attached hydrogen (secondary N) is 1. The molecule has 0 bridgehead atoms. The summed E-state index contributed by atoms with van der Waals surface area (Å²) < 4.78 is 0. The van der Waals surface area contributed by atoms with Gasteiger partial charge in [0.2, 0.25) is 0 Å². The SMILES string of the molecule is CCc1cc(N(CC)CC)nc(SCc2cccc(C(=O)NCc3ccccn3)c2)n1. The first-order valence-electron chi connectivity index (χ1n) is 10.7. The number of benzene rings is 1. The number of rotatable bonds is 10. The lowest BCUT2D eigenvalue weighted by molar-refractivity contribution is 0.0950. The largest absolute Gasteiger partial charge is 0.357 e. The molecule has 1 amide bonds. The Morgan fingerprint density at radius 3 is 2.55 bits per heavy atom. The lowest BCUT2D eigenvalue weighted by Crippen LogP contribution is -2.23. The molecule has 31 heavy (non-hydrogen) atoms. The van der Waals surface area contributed by atoms with Gasteiger partial charge in [-0.15, -0.1) is 0 Å². The van der Waals surface area contributed by atoms with E-state index in [0.717, 1.165) is 47.4 Å². The monoisotopic (exact) mass is 435 g/mol. The van der Waals surface area contributed by atoms with Crippen LogP contribution in [-0.2, 0) is 18.7 Å². The van der Waals surface area contributed by atoms with Crippen LogP contribution < -0.4 is 10.2 Å². The average molecular weight is 436 g/mol. The molecule has 1 N–H and O–H groups in total. The van der Waals surface area contributed by atoms with Crippen LogP contribution in [0.3, 0.4) is 0 Å². The van der Waals surface area contributed by atoms with Crippen molar-refractivity contribution in [3.8, 4) is 0 Å². The highest BCUT2D eigenvalue weighted by atomic mass is 32.2. The Hall–Kier alpha value is -2.93. The van der Waals surface area contributed by atoms with Gasteiger partial charge in [0.1, 0.15) is 5.82 Å². The van der Waals surface area contributed by atoms with Crippen LogP contribution in [0.5, 0.6) is 0 Å². The van der Waals surface area contributed by atoms with Crippen LogP contribution in [0.25, 0.3) is 0 Å². The molecule has 0 atom stereocenters. The number of nitrogens with zero attached hydrogens (tertiary/aromatic N) is 4. The fraction of sp³-hybridized carbons (Fsp3) is 0.333. The first-order valence-corrected chi connectivity index (χ1v) is 11.6. The van der Waals surface area contributed by atoms with Gasteiger partial charge in [-0.3, -0.25) is 9.78 Å². The van der Waals surface area contributed by atoms with Crippen molar-refractivity contribution < 1.29 is 4.79 Å². The second-order valence-electron chi connectivity index (χ2n) is 7.02. The number of aromatic nitrogens is 3. The van der Waals surface area contributed by atoms with Crippen molar-refractivity contribution in [1.82, 2.24) is 20.3 Å². The molecule has 0 radical (unpaired) electrons. The van der Waals surface area contributed by atoms with Crippen molar-refractivity contribution in [3.05, 3.63) is 77.2 Å². The minimum absolute atomic E-state index is 0.106. The number of anilines is 1. The fourth-order valence-corrected chi connectivity index (χ4v) is 3.96. The number of thioether (sulfide) groups is 1. The molecule has 0 aliphatic rings. The summed E-state index contributed by atoms with van der Waals surface area (Å²) in [5.41, 5.74) is 3.58. The Bertz CT molecular complexity index is 992. The zero-order valence-corrected chi connectivity index (χ0v) is 19.2. The molecular weight excluding hydrogens is 406 g/mol. The second-order valence-corrected chi connectivity index (χ2v) is 7.96. The van der Waals surface area contributed by atoms with Crippen molar-refractivity contribution in [1.29, 1.82) is 0 Å². The summed E-state index contributed by atoms with van der Waals surface area (Å²) in [5.74, 6) is 1.57. The van der Waals surface area contributed by atoms with Crippen LogP contribution in [0.4, 0.5) is 5.82 Å². The first kappa shape index (κ1) is 22.7. The molecule has 0 unspecified atom stereocenters. The summed E-state index contributed by atoms with van der Waals surface area (Å²) >= 11 is 1.60. The van der Waals surface area contributed by atoms with Gasteiger partial charge in [0.05, 0.1) is 12.2 Å².